The molecule has 0 saturated carbocycles. The van der Waals surface area contributed by atoms with Gasteiger partial charge in [-0.1, -0.05) is 6.92 Å². The molecule has 3 N–H and O–H groups in total. The van der Waals surface area contributed by atoms with Crippen molar-refractivity contribution in [3.05, 3.63) is 30.5 Å². The highest BCUT2D eigenvalue weighted by Crippen LogP contribution is 2.28. The molecular weight excluding hydrogens is 210 g/mol. The monoisotopic (exact) mass is 229 g/mol. The van der Waals surface area contributed by atoms with Crippen LogP contribution in [0.3, 0.4) is 0 Å². The SMILES string of the molecule is CCC(C)(C)Nc1ccc(N)c2cccnc12. The van der Waals surface area contributed by atoms with Gasteiger partial charge < -0.3 is 11.1 Å². The van der Waals surface area contributed by atoms with Crippen molar-refractivity contribution >= 4 is 22.3 Å². The van der Waals surface area contributed by atoms with Crippen LogP contribution in [0.2, 0.25) is 0 Å². The highest BCUT2D eigenvalue weighted by Gasteiger charge is 2.16. The molecule has 0 unspecified atom stereocenters. The van der Waals surface area contributed by atoms with E-state index in [-0.39, 0.29) is 5.54 Å². The van der Waals surface area contributed by atoms with Crippen LogP contribution in [0.25, 0.3) is 10.9 Å². The minimum atomic E-state index is 0.0561. The smallest absolute Gasteiger partial charge is 0.0954 e. The summed E-state index contributed by atoms with van der Waals surface area (Å²) in [6, 6.07) is 7.84. The van der Waals surface area contributed by atoms with Crippen molar-refractivity contribution in [2.75, 3.05) is 11.1 Å². The lowest BCUT2D eigenvalue weighted by Crippen LogP contribution is -2.29. The quantitative estimate of drug-likeness (QED) is 0.793. The maximum atomic E-state index is 5.95. The maximum absolute atomic E-state index is 5.95. The Morgan fingerprint density at radius 3 is 2.76 bits per heavy atom. The first-order chi connectivity index (χ1) is 8.03. The molecular formula is C14H19N3. The van der Waals surface area contributed by atoms with Gasteiger partial charge in [0.15, 0.2) is 0 Å². The largest absolute Gasteiger partial charge is 0.398 e. The zero-order valence-corrected chi connectivity index (χ0v) is 10.6. The van der Waals surface area contributed by atoms with Gasteiger partial charge in [0, 0.05) is 22.8 Å². The fraction of sp³-hybridized carbons (Fsp3) is 0.357. The van der Waals surface area contributed by atoms with E-state index in [9.17, 15) is 0 Å². The van der Waals surface area contributed by atoms with E-state index < -0.39 is 0 Å². The van der Waals surface area contributed by atoms with Crippen LogP contribution in [0.15, 0.2) is 30.5 Å². The average Bonchev–Trinajstić information content (AvgIpc) is 2.33. The Labute approximate surface area is 102 Å². The summed E-state index contributed by atoms with van der Waals surface area (Å²) < 4.78 is 0. The van der Waals surface area contributed by atoms with Crippen LogP contribution < -0.4 is 11.1 Å². The number of nitrogens with zero attached hydrogens (tertiary/aromatic N) is 1. The van der Waals surface area contributed by atoms with Crippen molar-refractivity contribution in [2.24, 2.45) is 0 Å². The number of nitrogens with one attached hydrogen (secondary N) is 1. The third kappa shape index (κ3) is 2.33. The third-order valence-corrected chi connectivity index (χ3v) is 3.16. The summed E-state index contributed by atoms with van der Waals surface area (Å²) >= 11 is 0. The molecule has 1 aromatic carbocycles. The fourth-order valence-corrected chi connectivity index (χ4v) is 1.75. The zero-order valence-electron chi connectivity index (χ0n) is 10.6. The highest BCUT2D eigenvalue weighted by atomic mass is 15.0. The van der Waals surface area contributed by atoms with Gasteiger partial charge >= 0.3 is 0 Å². The second-order valence-corrected chi connectivity index (χ2v) is 4.96. The minimum Gasteiger partial charge on any atom is -0.398 e. The molecule has 2 rings (SSSR count). The molecule has 0 radical (unpaired) electrons. The van der Waals surface area contributed by atoms with Crippen LogP contribution in [-0.4, -0.2) is 10.5 Å². The summed E-state index contributed by atoms with van der Waals surface area (Å²) in [5.74, 6) is 0. The van der Waals surface area contributed by atoms with Crippen LogP contribution in [0.5, 0.6) is 0 Å². The van der Waals surface area contributed by atoms with Gasteiger partial charge in [-0.15, -0.1) is 0 Å². The summed E-state index contributed by atoms with van der Waals surface area (Å²) in [7, 11) is 0. The normalized spacial score (nSPS) is 11.7. The average molecular weight is 229 g/mol. The van der Waals surface area contributed by atoms with Crippen molar-refractivity contribution < 1.29 is 0 Å². The van der Waals surface area contributed by atoms with Crippen LogP contribution in [0.4, 0.5) is 11.4 Å². The first-order valence-corrected chi connectivity index (χ1v) is 5.95. The number of anilines is 2. The number of hydrogen-bond acceptors (Lipinski definition) is 3. The summed E-state index contributed by atoms with van der Waals surface area (Å²) in [6.45, 7) is 6.52. The van der Waals surface area contributed by atoms with E-state index >= 15 is 0 Å². The number of hydrogen-bond donors (Lipinski definition) is 2. The van der Waals surface area contributed by atoms with E-state index in [1.54, 1.807) is 6.20 Å². The second kappa shape index (κ2) is 4.24. The molecule has 0 aliphatic carbocycles. The summed E-state index contributed by atoms with van der Waals surface area (Å²) in [5, 5.41) is 4.52. The van der Waals surface area contributed by atoms with Gasteiger partial charge in [-0.05, 0) is 44.5 Å². The lowest BCUT2D eigenvalue weighted by molar-refractivity contribution is 0.548. The van der Waals surface area contributed by atoms with Crippen LogP contribution in [0, 0.1) is 0 Å². The first kappa shape index (κ1) is 11.7. The summed E-state index contributed by atoms with van der Waals surface area (Å²) in [6.07, 6.45) is 2.84. The number of rotatable bonds is 3. The van der Waals surface area contributed by atoms with E-state index in [2.05, 4.69) is 31.1 Å². The molecule has 0 bridgehead atoms. The van der Waals surface area contributed by atoms with Gasteiger partial charge in [0.05, 0.1) is 11.2 Å². The Kier molecular flexibility index (Phi) is 2.92. The number of pyridine rings is 1. The molecule has 0 spiro atoms. The maximum Gasteiger partial charge on any atom is 0.0954 e. The van der Waals surface area contributed by atoms with E-state index in [4.69, 9.17) is 5.73 Å². The standard InChI is InChI=1S/C14H19N3/c1-4-14(2,3)17-12-8-7-11(15)10-6-5-9-16-13(10)12/h5-9,17H,4,15H2,1-3H3. The van der Waals surface area contributed by atoms with Crippen molar-refractivity contribution in [1.29, 1.82) is 0 Å². The Morgan fingerprint density at radius 1 is 1.29 bits per heavy atom. The number of aromatic nitrogens is 1. The van der Waals surface area contributed by atoms with Gasteiger partial charge in [0.1, 0.15) is 0 Å². The number of nitrogens with two attached hydrogens (primary N) is 1. The molecule has 0 amide bonds. The molecule has 1 aromatic heterocycles. The Bertz CT molecular complexity index is 532. The van der Waals surface area contributed by atoms with Crippen LogP contribution >= 0.6 is 0 Å². The molecule has 3 heteroatoms. The molecule has 0 aliphatic heterocycles. The topological polar surface area (TPSA) is 50.9 Å². The van der Waals surface area contributed by atoms with E-state index in [0.29, 0.717) is 0 Å². The predicted octanol–water partition coefficient (Wildman–Crippen LogP) is 3.42. The molecule has 17 heavy (non-hydrogen) atoms. The van der Waals surface area contributed by atoms with Crippen molar-refractivity contribution in [2.45, 2.75) is 32.7 Å². The summed E-state index contributed by atoms with van der Waals surface area (Å²) in [4.78, 5) is 4.42. The fourth-order valence-electron chi connectivity index (χ4n) is 1.75. The molecule has 0 atom stereocenters. The van der Waals surface area contributed by atoms with Gasteiger partial charge in [-0.2, -0.15) is 0 Å². The molecule has 0 aliphatic rings. The van der Waals surface area contributed by atoms with Crippen molar-refractivity contribution in [3.63, 3.8) is 0 Å². The molecule has 0 saturated heterocycles. The highest BCUT2D eigenvalue weighted by molar-refractivity contribution is 5.98. The minimum absolute atomic E-state index is 0.0561. The Hall–Kier alpha value is -1.77. The zero-order chi connectivity index (χ0) is 12.5. The number of fused-ring (bicyclic) bond motifs is 1. The first-order valence-electron chi connectivity index (χ1n) is 5.95. The van der Waals surface area contributed by atoms with Crippen LogP contribution in [0.1, 0.15) is 27.2 Å². The van der Waals surface area contributed by atoms with Gasteiger partial charge in [0.25, 0.3) is 0 Å². The van der Waals surface area contributed by atoms with Gasteiger partial charge in [0.2, 0.25) is 0 Å². The second-order valence-electron chi connectivity index (χ2n) is 4.96. The number of benzene rings is 1. The molecule has 1 heterocycles. The van der Waals surface area contributed by atoms with E-state index in [1.165, 1.54) is 0 Å². The van der Waals surface area contributed by atoms with Crippen LogP contribution in [-0.2, 0) is 0 Å². The van der Waals surface area contributed by atoms with E-state index in [1.807, 2.05) is 24.3 Å². The predicted molar refractivity (Wildman–Crippen MR) is 74.1 cm³/mol. The Balaban J connectivity index is 2.52. The molecule has 90 valence electrons. The van der Waals surface area contributed by atoms with E-state index in [0.717, 1.165) is 28.7 Å². The molecule has 0 fully saturated rings. The Morgan fingerprint density at radius 2 is 2.06 bits per heavy atom. The number of nitrogen functional groups attached to an aromatic ring is 1. The van der Waals surface area contributed by atoms with Crippen molar-refractivity contribution in [1.82, 2.24) is 4.98 Å². The third-order valence-electron chi connectivity index (χ3n) is 3.16. The molecule has 2 aromatic rings. The lowest BCUT2D eigenvalue weighted by atomic mass is 10.0. The van der Waals surface area contributed by atoms with Gasteiger partial charge in [-0.25, -0.2) is 0 Å². The van der Waals surface area contributed by atoms with Crippen molar-refractivity contribution in [3.8, 4) is 0 Å². The van der Waals surface area contributed by atoms with Gasteiger partial charge in [-0.3, -0.25) is 4.98 Å². The lowest BCUT2D eigenvalue weighted by Gasteiger charge is -2.26. The molecule has 3 nitrogen and oxygen atoms in total. The summed E-state index contributed by atoms with van der Waals surface area (Å²) in [5.41, 5.74) is 8.76.